The van der Waals surface area contributed by atoms with Gasteiger partial charge in [0.05, 0.1) is 11.1 Å². The molecule has 4 N–H and O–H groups in total. The van der Waals surface area contributed by atoms with Crippen molar-refractivity contribution in [3.63, 3.8) is 0 Å². The maximum Gasteiger partial charge on any atom is 0.270 e. The Kier molecular flexibility index (Phi) is 5.37. The van der Waals surface area contributed by atoms with Gasteiger partial charge in [0, 0.05) is 18.3 Å². The molecule has 0 saturated carbocycles. The van der Waals surface area contributed by atoms with Gasteiger partial charge in [-0.05, 0) is 13.0 Å². The number of nitrogens with one attached hydrogen (secondary N) is 1. The summed E-state index contributed by atoms with van der Waals surface area (Å²) >= 11 is 1.43. The average molecular weight is 243 g/mol. The van der Waals surface area contributed by atoms with Crippen molar-refractivity contribution in [1.29, 1.82) is 0 Å². The molecule has 0 aliphatic carbocycles. The van der Waals surface area contributed by atoms with E-state index in [1.54, 1.807) is 5.38 Å². The fourth-order valence-corrected chi connectivity index (χ4v) is 1.89. The van der Waals surface area contributed by atoms with Crippen LogP contribution in [0, 0.1) is 0 Å². The fraction of sp³-hybridized carbons (Fsp3) is 0.600. The van der Waals surface area contributed by atoms with E-state index < -0.39 is 6.10 Å². The van der Waals surface area contributed by atoms with Crippen molar-refractivity contribution in [1.82, 2.24) is 10.3 Å². The maximum absolute atomic E-state index is 11.6. The van der Waals surface area contributed by atoms with Crippen LogP contribution in [0.1, 0.15) is 28.8 Å². The highest BCUT2D eigenvalue weighted by molar-refractivity contribution is 7.09. The zero-order chi connectivity index (χ0) is 12.0. The van der Waals surface area contributed by atoms with Gasteiger partial charge in [-0.1, -0.05) is 6.92 Å². The van der Waals surface area contributed by atoms with Crippen LogP contribution in [0.25, 0.3) is 0 Å². The van der Waals surface area contributed by atoms with Crippen molar-refractivity contribution >= 4 is 17.2 Å². The Hall–Kier alpha value is -0.980. The van der Waals surface area contributed by atoms with Gasteiger partial charge in [0.25, 0.3) is 5.91 Å². The second-order valence-electron chi connectivity index (χ2n) is 3.44. The van der Waals surface area contributed by atoms with E-state index >= 15 is 0 Å². The number of aliphatic hydroxyl groups excluding tert-OH is 1. The zero-order valence-corrected chi connectivity index (χ0v) is 10.1. The van der Waals surface area contributed by atoms with E-state index in [2.05, 4.69) is 10.3 Å². The highest BCUT2D eigenvalue weighted by atomic mass is 32.1. The second kappa shape index (κ2) is 6.57. The summed E-state index contributed by atoms with van der Waals surface area (Å²) in [6, 6.07) is 0. The van der Waals surface area contributed by atoms with Gasteiger partial charge >= 0.3 is 0 Å². The van der Waals surface area contributed by atoms with Crippen LogP contribution in [0.15, 0.2) is 5.38 Å². The summed E-state index contributed by atoms with van der Waals surface area (Å²) in [6.45, 7) is 2.65. The largest absolute Gasteiger partial charge is 0.391 e. The molecule has 6 heteroatoms. The lowest BCUT2D eigenvalue weighted by molar-refractivity contribution is 0.0909. The Morgan fingerprint density at radius 3 is 3.12 bits per heavy atom. The number of rotatable bonds is 6. The van der Waals surface area contributed by atoms with Crippen LogP contribution < -0.4 is 11.1 Å². The highest BCUT2D eigenvalue weighted by Gasteiger charge is 2.11. The quantitative estimate of drug-likeness (QED) is 0.663. The summed E-state index contributed by atoms with van der Waals surface area (Å²) < 4.78 is 0. The van der Waals surface area contributed by atoms with Crippen molar-refractivity contribution < 1.29 is 9.90 Å². The van der Waals surface area contributed by atoms with E-state index in [4.69, 9.17) is 5.73 Å². The van der Waals surface area contributed by atoms with Gasteiger partial charge in [-0.15, -0.1) is 11.3 Å². The number of carbonyl (C=O) groups is 1. The molecular formula is C10H17N3O2S. The number of thiazole rings is 1. The first-order valence-corrected chi connectivity index (χ1v) is 6.16. The van der Waals surface area contributed by atoms with Gasteiger partial charge in [0.1, 0.15) is 5.69 Å². The fourth-order valence-electron chi connectivity index (χ4n) is 1.10. The molecule has 5 nitrogen and oxygen atoms in total. The van der Waals surface area contributed by atoms with Gasteiger partial charge in [-0.25, -0.2) is 4.98 Å². The number of aromatic nitrogens is 1. The maximum atomic E-state index is 11.6. The molecule has 90 valence electrons. The number of aliphatic hydroxyl groups is 1. The SMILES string of the molecule is CCC(O)CNC(=O)c1csc(CCN)n1. The van der Waals surface area contributed by atoms with Crippen molar-refractivity contribution in [3.05, 3.63) is 16.1 Å². The molecule has 0 spiro atoms. The Bertz CT molecular complexity index is 341. The van der Waals surface area contributed by atoms with Crippen LogP contribution in [0.5, 0.6) is 0 Å². The second-order valence-corrected chi connectivity index (χ2v) is 4.38. The summed E-state index contributed by atoms with van der Waals surface area (Å²) in [5.74, 6) is -0.243. The molecule has 1 aromatic heterocycles. The van der Waals surface area contributed by atoms with E-state index in [0.29, 0.717) is 25.1 Å². The Morgan fingerprint density at radius 1 is 1.75 bits per heavy atom. The predicted molar refractivity (Wildman–Crippen MR) is 63.5 cm³/mol. The molecule has 1 aromatic rings. The molecule has 0 aliphatic rings. The van der Waals surface area contributed by atoms with Gasteiger partial charge < -0.3 is 16.2 Å². The monoisotopic (exact) mass is 243 g/mol. The standard InChI is InChI=1S/C10H17N3O2S/c1-2-7(14)5-12-10(15)8-6-16-9(13-8)3-4-11/h6-7,14H,2-5,11H2,1H3,(H,12,15). The normalized spacial score (nSPS) is 12.4. The third-order valence-electron chi connectivity index (χ3n) is 2.11. The first-order valence-electron chi connectivity index (χ1n) is 5.28. The van der Waals surface area contributed by atoms with E-state index in [1.165, 1.54) is 11.3 Å². The molecule has 1 amide bonds. The van der Waals surface area contributed by atoms with Crippen LogP contribution >= 0.6 is 11.3 Å². The Balaban J connectivity index is 2.46. The molecule has 0 radical (unpaired) electrons. The minimum Gasteiger partial charge on any atom is -0.391 e. The smallest absolute Gasteiger partial charge is 0.270 e. The lowest BCUT2D eigenvalue weighted by Gasteiger charge is -2.07. The number of hydrogen-bond acceptors (Lipinski definition) is 5. The Morgan fingerprint density at radius 2 is 2.50 bits per heavy atom. The van der Waals surface area contributed by atoms with E-state index in [-0.39, 0.29) is 12.5 Å². The summed E-state index contributed by atoms with van der Waals surface area (Å²) in [5, 5.41) is 14.5. The highest BCUT2D eigenvalue weighted by Crippen LogP contribution is 2.09. The van der Waals surface area contributed by atoms with Crippen molar-refractivity contribution in [3.8, 4) is 0 Å². The molecule has 0 fully saturated rings. The number of hydrogen-bond donors (Lipinski definition) is 3. The summed E-state index contributed by atoms with van der Waals surface area (Å²) in [7, 11) is 0. The van der Waals surface area contributed by atoms with Crippen LogP contribution in [0.2, 0.25) is 0 Å². The number of carbonyl (C=O) groups excluding carboxylic acids is 1. The molecule has 0 saturated heterocycles. The van der Waals surface area contributed by atoms with E-state index in [1.807, 2.05) is 6.92 Å². The summed E-state index contributed by atoms with van der Waals surface area (Å²) in [4.78, 5) is 15.7. The van der Waals surface area contributed by atoms with Crippen molar-refractivity contribution in [2.75, 3.05) is 13.1 Å². The molecule has 1 rings (SSSR count). The van der Waals surface area contributed by atoms with Crippen LogP contribution in [-0.2, 0) is 6.42 Å². The third-order valence-corrected chi connectivity index (χ3v) is 3.02. The molecule has 0 aromatic carbocycles. The average Bonchev–Trinajstić information content (AvgIpc) is 2.74. The predicted octanol–water partition coefficient (Wildman–Crippen LogP) is 0.145. The van der Waals surface area contributed by atoms with Gasteiger partial charge in [0.15, 0.2) is 0 Å². The van der Waals surface area contributed by atoms with Crippen LogP contribution in [0.3, 0.4) is 0 Å². The molecule has 1 unspecified atom stereocenters. The zero-order valence-electron chi connectivity index (χ0n) is 9.27. The number of nitrogens with two attached hydrogens (primary N) is 1. The Labute approximate surface area is 98.7 Å². The topological polar surface area (TPSA) is 88.2 Å². The molecular weight excluding hydrogens is 226 g/mol. The molecule has 0 aliphatic heterocycles. The lowest BCUT2D eigenvalue weighted by atomic mass is 10.3. The lowest BCUT2D eigenvalue weighted by Crippen LogP contribution is -2.31. The minimum atomic E-state index is -0.494. The number of amides is 1. The first-order chi connectivity index (χ1) is 7.67. The van der Waals surface area contributed by atoms with Crippen molar-refractivity contribution in [2.24, 2.45) is 5.73 Å². The third kappa shape index (κ3) is 3.88. The molecule has 16 heavy (non-hydrogen) atoms. The molecule has 0 bridgehead atoms. The van der Waals surface area contributed by atoms with Crippen LogP contribution in [-0.4, -0.2) is 35.2 Å². The summed E-state index contributed by atoms with van der Waals surface area (Å²) in [5.41, 5.74) is 5.80. The first kappa shape index (κ1) is 13.1. The molecule has 1 atom stereocenters. The van der Waals surface area contributed by atoms with E-state index in [0.717, 1.165) is 5.01 Å². The van der Waals surface area contributed by atoms with E-state index in [9.17, 15) is 9.90 Å². The number of nitrogens with zero attached hydrogens (tertiary/aromatic N) is 1. The van der Waals surface area contributed by atoms with Gasteiger partial charge in [0.2, 0.25) is 0 Å². The molecule has 1 heterocycles. The van der Waals surface area contributed by atoms with Crippen LogP contribution in [0.4, 0.5) is 0 Å². The minimum absolute atomic E-state index is 0.243. The summed E-state index contributed by atoms with van der Waals surface area (Å²) in [6.07, 6.45) is 0.816. The van der Waals surface area contributed by atoms with Gasteiger partial charge in [-0.2, -0.15) is 0 Å². The van der Waals surface area contributed by atoms with Crippen molar-refractivity contribution in [2.45, 2.75) is 25.9 Å². The van der Waals surface area contributed by atoms with Gasteiger partial charge in [-0.3, -0.25) is 4.79 Å².